The molecule has 0 radical (unpaired) electrons. The Morgan fingerprint density at radius 1 is 0.935 bits per heavy atom. The van der Waals surface area contributed by atoms with Gasteiger partial charge in [-0.05, 0) is 86.4 Å². The largest absolute Gasteiger partial charge is 0.368 e. The minimum Gasteiger partial charge on any atom is -0.368 e. The van der Waals surface area contributed by atoms with Crippen molar-refractivity contribution in [1.82, 2.24) is 4.90 Å². The third kappa shape index (κ3) is 4.06. The molecule has 4 nitrogen and oxygen atoms in total. The number of piperidine rings is 1. The number of nitrogens with zero attached hydrogens (tertiary/aromatic N) is 4. The van der Waals surface area contributed by atoms with E-state index in [4.69, 9.17) is 5.26 Å². The van der Waals surface area contributed by atoms with E-state index >= 15 is 0 Å². The zero-order valence-electron chi connectivity index (χ0n) is 18.1. The molecule has 2 aromatic rings. The highest BCUT2D eigenvalue weighted by Gasteiger charge is 2.49. The summed E-state index contributed by atoms with van der Waals surface area (Å²) in [6.07, 6.45) is 5.87. The van der Waals surface area contributed by atoms with E-state index in [2.05, 4.69) is 52.3 Å². The average Bonchev–Trinajstić information content (AvgIpc) is 3.56. The molecular formula is C27H30N4. The molecule has 0 N–H and O–H groups in total. The predicted octanol–water partition coefficient (Wildman–Crippen LogP) is 4.94. The highest BCUT2D eigenvalue weighted by Crippen LogP contribution is 2.52. The highest BCUT2D eigenvalue weighted by atomic mass is 15.4. The number of hydrogen-bond acceptors (Lipinski definition) is 4. The van der Waals surface area contributed by atoms with Crippen LogP contribution < -0.4 is 4.90 Å². The van der Waals surface area contributed by atoms with Crippen LogP contribution in [0.2, 0.25) is 0 Å². The number of anilines is 1. The summed E-state index contributed by atoms with van der Waals surface area (Å²) in [7, 11) is 0. The summed E-state index contributed by atoms with van der Waals surface area (Å²) in [5.74, 6) is 2.50. The van der Waals surface area contributed by atoms with E-state index in [1.807, 2.05) is 24.3 Å². The maximum absolute atomic E-state index is 9.51. The SMILES string of the molecule is N#CCC1(N2CCC(CC3CC3c3ccccc3)CC2)CN(c2ccc(C#N)cc2)C1. The molecule has 0 aromatic heterocycles. The van der Waals surface area contributed by atoms with Crippen LogP contribution in [0.15, 0.2) is 54.6 Å². The van der Waals surface area contributed by atoms with Crippen molar-refractivity contribution >= 4 is 5.69 Å². The molecule has 158 valence electrons. The number of hydrogen-bond donors (Lipinski definition) is 0. The molecule has 2 atom stereocenters. The number of nitriles is 2. The van der Waals surface area contributed by atoms with Gasteiger partial charge in [0.05, 0.1) is 29.7 Å². The van der Waals surface area contributed by atoms with Crippen LogP contribution in [0.3, 0.4) is 0 Å². The minimum absolute atomic E-state index is 0.000224. The van der Waals surface area contributed by atoms with Gasteiger partial charge >= 0.3 is 0 Å². The van der Waals surface area contributed by atoms with Crippen LogP contribution in [-0.4, -0.2) is 36.6 Å². The topological polar surface area (TPSA) is 54.1 Å². The van der Waals surface area contributed by atoms with Gasteiger partial charge in [-0.25, -0.2) is 0 Å². The third-order valence-electron chi connectivity index (χ3n) is 7.81. The molecule has 2 aliphatic heterocycles. The van der Waals surface area contributed by atoms with Crippen LogP contribution in [0.25, 0.3) is 0 Å². The fraction of sp³-hybridized carbons (Fsp3) is 0.481. The van der Waals surface area contributed by atoms with Crippen molar-refractivity contribution in [2.45, 2.75) is 43.6 Å². The first kappa shape index (κ1) is 20.1. The van der Waals surface area contributed by atoms with E-state index in [0.717, 1.165) is 49.6 Å². The van der Waals surface area contributed by atoms with Gasteiger partial charge < -0.3 is 4.90 Å². The van der Waals surface area contributed by atoms with Crippen LogP contribution >= 0.6 is 0 Å². The van der Waals surface area contributed by atoms with Crippen molar-refractivity contribution in [2.24, 2.45) is 11.8 Å². The van der Waals surface area contributed by atoms with Crippen molar-refractivity contribution in [3.05, 3.63) is 65.7 Å². The maximum Gasteiger partial charge on any atom is 0.0991 e. The average molecular weight is 411 g/mol. The van der Waals surface area contributed by atoms with E-state index in [1.165, 1.54) is 31.2 Å². The Balaban J connectivity index is 1.14. The second-order valence-electron chi connectivity index (χ2n) is 9.75. The molecule has 0 bridgehead atoms. The van der Waals surface area contributed by atoms with Crippen molar-refractivity contribution < 1.29 is 0 Å². The van der Waals surface area contributed by atoms with E-state index in [1.54, 1.807) is 0 Å². The summed E-state index contributed by atoms with van der Waals surface area (Å²) in [4.78, 5) is 4.95. The first-order valence-electron chi connectivity index (χ1n) is 11.6. The Kier molecular flexibility index (Phi) is 5.43. The van der Waals surface area contributed by atoms with Crippen LogP contribution in [0.1, 0.15) is 49.1 Å². The van der Waals surface area contributed by atoms with Crippen molar-refractivity contribution in [1.29, 1.82) is 10.5 Å². The zero-order valence-corrected chi connectivity index (χ0v) is 18.1. The Morgan fingerprint density at radius 2 is 1.65 bits per heavy atom. The summed E-state index contributed by atoms with van der Waals surface area (Å²) in [5, 5.41) is 18.5. The molecule has 2 unspecified atom stereocenters. The van der Waals surface area contributed by atoms with Gasteiger partial charge in [-0.3, -0.25) is 4.90 Å². The first-order valence-corrected chi connectivity index (χ1v) is 11.6. The fourth-order valence-electron chi connectivity index (χ4n) is 5.85. The van der Waals surface area contributed by atoms with Crippen LogP contribution in [0, 0.1) is 34.5 Å². The van der Waals surface area contributed by atoms with E-state index < -0.39 is 0 Å². The lowest BCUT2D eigenvalue weighted by atomic mass is 9.80. The quantitative estimate of drug-likeness (QED) is 0.677. The summed E-state index contributed by atoms with van der Waals surface area (Å²) in [5.41, 5.74) is 3.37. The van der Waals surface area contributed by atoms with Crippen LogP contribution in [0.5, 0.6) is 0 Å². The monoisotopic (exact) mass is 410 g/mol. The maximum atomic E-state index is 9.51. The first-order chi connectivity index (χ1) is 15.2. The Bertz CT molecular complexity index is 971. The van der Waals surface area contributed by atoms with Crippen molar-refractivity contribution in [2.75, 3.05) is 31.1 Å². The lowest BCUT2D eigenvalue weighted by Gasteiger charge is -2.57. The number of benzene rings is 2. The molecule has 1 saturated carbocycles. The molecule has 1 aliphatic carbocycles. The molecule has 2 aromatic carbocycles. The van der Waals surface area contributed by atoms with E-state index in [-0.39, 0.29) is 5.54 Å². The second kappa shape index (κ2) is 8.37. The normalized spacial score (nSPS) is 25.3. The molecule has 4 heteroatoms. The molecule has 5 rings (SSSR count). The molecule has 2 saturated heterocycles. The van der Waals surface area contributed by atoms with Gasteiger partial charge in [0.1, 0.15) is 0 Å². The summed E-state index contributed by atoms with van der Waals surface area (Å²) in [6.45, 7) is 4.07. The summed E-state index contributed by atoms with van der Waals surface area (Å²) >= 11 is 0. The minimum atomic E-state index is -0.000224. The van der Waals surface area contributed by atoms with Gasteiger partial charge in [-0.2, -0.15) is 10.5 Å². The van der Waals surface area contributed by atoms with Gasteiger partial charge in [0.2, 0.25) is 0 Å². The Hall–Kier alpha value is -2.82. The lowest BCUT2D eigenvalue weighted by Crippen LogP contribution is -2.71. The molecule has 2 heterocycles. The second-order valence-corrected chi connectivity index (χ2v) is 9.75. The van der Waals surface area contributed by atoms with E-state index in [9.17, 15) is 5.26 Å². The molecule has 0 amide bonds. The fourth-order valence-corrected chi connectivity index (χ4v) is 5.85. The molecular weight excluding hydrogens is 380 g/mol. The number of likely N-dealkylation sites (tertiary alicyclic amines) is 1. The standard InChI is InChI=1S/C27H30N4/c28-13-12-27(19-30(20-27)25-8-6-22(18-29)7-9-25)31-14-10-21(11-15-31)16-24-17-26(24)23-4-2-1-3-5-23/h1-9,21,24,26H,10-12,14-17,19-20H2. The molecule has 31 heavy (non-hydrogen) atoms. The molecule has 3 aliphatic rings. The Labute approximate surface area is 185 Å². The predicted molar refractivity (Wildman–Crippen MR) is 123 cm³/mol. The highest BCUT2D eigenvalue weighted by molar-refractivity contribution is 5.53. The van der Waals surface area contributed by atoms with Gasteiger partial charge in [0.25, 0.3) is 0 Å². The van der Waals surface area contributed by atoms with Gasteiger partial charge in [0, 0.05) is 18.8 Å². The van der Waals surface area contributed by atoms with Crippen molar-refractivity contribution in [3.8, 4) is 12.1 Å². The smallest absolute Gasteiger partial charge is 0.0991 e. The van der Waals surface area contributed by atoms with Crippen LogP contribution in [-0.2, 0) is 0 Å². The summed E-state index contributed by atoms with van der Waals surface area (Å²) < 4.78 is 0. The van der Waals surface area contributed by atoms with E-state index in [0.29, 0.717) is 12.0 Å². The molecule has 3 fully saturated rings. The Morgan fingerprint density at radius 3 is 2.29 bits per heavy atom. The van der Waals surface area contributed by atoms with Gasteiger partial charge in [0.15, 0.2) is 0 Å². The van der Waals surface area contributed by atoms with Crippen LogP contribution in [0.4, 0.5) is 5.69 Å². The van der Waals surface area contributed by atoms with Gasteiger partial charge in [-0.15, -0.1) is 0 Å². The number of rotatable bonds is 6. The summed E-state index contributed by atoms with van der Waals surface area (Å²) in [6, 6.07) is 23.5. The zero-order chi connectivity index (χ0) is 21.3. The third-order valence-corrected chi connectivity index (χ3v) is 7.81. The molecule has 0 spiro atoms. The lowest BCUT2D eigenvalue weighted by molar-refractivity contribution is 0.0279. The van der Waals surface area contributed by atoms with Gasteiger partial charge in [-0.1, -0.05) is 30.3 Å². The van der Waals surface area contributed by atoms with Crippen molar-refractivity contribution in [3.63, 3.8) is 0 Å².